The van der Waals surface area contributed by atoms with Gasteiger partial charge in [-0.3, -0.25) is 8.37 Å². The summed E-state index contributed by atoms with van der Waals surface area (Å²) in [5, 5.41) is 11.3. The van der Waals surface area contributed by atoms with Crippen molar-refractivity contribution in [3.63, 3.8) is 0 Å². The molecule has 1 N–H and O–H groups in total. The fraction of sp³-hybridized carbons (Fsp3) is 0.414. The predicted octanol–water partition coefficient (Wildman–Crippen LogP) is 7.98. The van der Waals surface area contributed by atoms with Crippen molar-refractivity contribution in [3.05, 3.63) is 94.2 Å². The molecule has 0 fully saturated rings. The predicted molar refractivity (Wildman–Crippen MR) is 153 cm³/mol. The van der Waals surface area contributed by atoms with Crippen LogP contribution in [0.25, 0.3) is 5.57 Å². The summed E-state index contributed by atoms with van der Waals surface area (Å²) in [5.41, 5.74) is 4.78. The molecule has 1 aromatic heterocycles. The smallest absolute Gasteiger partial charge is 0.158 e. The molecule has 7 heteroatoms. The molecule has 0 amide bonds. The molecule has 0 spiro atoms. The SMILES string of the molecule is C=C/C(CC)=C(\C(Cl)=C/C)c1nc(C(C)(C)O)cn1C/C=C\C(=C/C)C1=CC(OSOC)CC(C)=C1. The Morgan fingerprint density at radius 2 is 2.08 bits per heavy atom. The normalized spacial score (nSPS) is 18.3. The first-order valence-corrected chi connectivity index (χ1v) is 13.2. The van der Waals surface area contributed by atoms with Gasteiger partial charge >= 0.3 is 0 Å². The molecule has 196 valence electrons. The van der Waals surface area contributed by atoms with Gasteiger partial charge in [0, 0.05) is 23.3 Å². The van der Waals surface area contributed by atoms with Crippen LogP contribution in [-0.2, 0) is 20.5 Å². The summed E-state index contributed by atoms with van der Waals surface area (Å²) >= 11 is 7.67. The van der Waals surface area contributed by atoms with Crippen LogP contribution in [-0.4, -0.2) is 27.9 Å². The van der Waals surface area contributed by atoms with Gasteiger partial charge in [0.1, 0.15) is 11.4 Å². The van der Waals surface area contributed by atoms with Crippen LogP contribution in [0.2, 0.25) is 0 Å². The first kappa shape index (κ1) is 30.1. The summed E-state index contributed by atoms with van der Waals surface area (Å²) in [6, 6.07) is 0. The Labute approximate surface area is 226 Å². The molecular formula is C29H39ClN2O3S. The number of hydrogen-bond acceptors (Lipinski definition) is 5. The van der Waals surface area contributed by atoms with Crippen LogP contribution in [0.1, 0.15) is 65.9 Å². The molecule has 1 aliphatic carbocycles. The molecule has 0 bridgehead atoms. The Morgan fingerprint density at radius 1 is 1.36 bits per heavy atom. The van der Waals surface area contributed by atoms with Crippen molar-refractivity contribution in [2.75, 3.05) is 7.11 Å². The highest BCUT2D eigenvalue weighted by molar-refractivity contribution is 7.89. The number of aromatic nitrogens is 2. The maximum atomic E-state index is 10.7. The van der Waals surface area contributed by atoms with Gasteiger partial charge in [-0.05, 0) is 70.3 Å². The average Bonchev–Trinajstić information content (AvgIpc) is 3.27. The average molecular weight is 531 g/mol. The molecule has 1 atom stereocenters. The number of aliphatic hydroxyl groups is 1. The van der Waals surface area contributed by atoms with E-state index in [4.69, 9.17) is 25.0 Å². The summed E-state index contributed by atoms with van der Waals surface area (Å²) in [5.74, 6) is 0.705. The van der Waals surface area contributed by atoms with Crippen LogP contribution in [0.3, 0.4) is 0 Å². The van der Waals surface area contributed by atoms with Gasteiger partial charge in [-0.25, -0.2) is 4.98 Å². The number of hydrogen-bond donors (Lipinski definition) is 1. The molecule has 1 unspecified atom stereocenters. The highest BCUT2D eigenvalue weighted by atomic mass is 35.5. The fourth-order valence-electron chi connectivity index (χ4n) is 3.95. The topological polar surface area (TPSA) is 56.5 Å². The molecule has 5 nitrogen and oxygen atoms in total. The second-order valence-electron chi connectivity index (χ2n) is 9.09. The van der Waals surface area contributed by atoms with E-state index >= 15 is 0 Å². The van der Waals surface area contributed by atoms with E-state index in [2.05, 4.69) is 50.8 Å². The van der Waals surface area contributed by atoms with Gasteiger partial charge in [0.05, 0.1) is 18.9 Å². The van der Waals surface area contributed by atoms with Gasteiger partial charge in [-0.1, -0.05) is 67.1 Å². The van der Waals surface area contributed by atoms with E-state index in [1.165, 1.54) is 5.57 Å². The third-order valence-corrected chi connectivity index (χ3v) is 6.70. The van der Waals surface area contributed by atoms with Crippen molar-refractivity contribution >= 4 is 29.5 Å². The molecule has 2 rings (SSSR count). The zero-order chi connectivity index (χ0) is 26.9. The first-order chi connectivity index (χ1) is 17.1. The monoisotopic (exact) mass is 530 g/mol. The van der Waals surface area contributed by atoms with Crippen molar-refractivity contribution in [1.82, 2.24) is 9.55 Å². The van der Waals surface area contributed by atoms with E-state index in [9.17, 15) is 5.11 Å². The molecule has 0 aromatic carbocycles. The molecule has 0 radical (unpaired) electrons. The van der Waals surface area contributed by atoms with Crippen molar-refractivity contribution in [1.29, 1.82) is 0 Å². The fourth-order valence-corrected chi connectivity index (χ4v) is 4.46. The summed E-state index contributed by atoms with van der Waals surface area (Å²) in [4.78, 5) is 4.81. The minimum atomic E-state index is -1.09. The Morgan fingerprint density at radius 3 is 2.64 bits per heavy atom. The lowest BCUT2D eigenvalue weighted by Crippen LogP contribution is -2.16. The zero-order valence-corrected chi connectivity index (χ0v) is 24.0. The van der Waals surface area contributed by atoms with Crippen molar-refractivity contribution in [3.8, 4) is 0 Å². The Kier molecular flexibility index (Phi) is 11.7. The number of halogens is 1. The molecule has 0 aliphatic heterocycles. The largest absolute Gasteiger partial charge is 0.384 e. The summed E-state index contributed by atoms with van der Waals surface area (Å²) in [6.07, 6.45) is 17.7. The number of rotatable bonds is 12. The molecule has 0 saturated heterocycles. The quantitative estimate of drug-likeness (QED) is 0.219. The van der Waals surface area contributed by atoms with E-state index in [0.717, 1.165) is 47.5 Å². The molecular weight excluding hydrogens is 492 g/mol. The van der Waals surface area contributed by atoms with Gasteiger partial charge in [0.15, 0.2) is 12.3 Å². The van der Waals surface area contributed by atoms with Gasteiger partial charge in [-0.2, -0.15) is 0 Å². The zero-order valence-electron chi connectivity index (χ0n) is 22.5. The third-order valence-electron chi connectivity index (χ3n) is 5.83. The van der Waals surface area contributed by atoms with Crippen LogP contribution in [0, 0.1) is 0 Å². The highest BCUT2D eigenvalue weighted by Gasteiger charge is 2.24. The molecule has 36 heavy (non-hydrogen) atoms. The standard InChI is InChI=1S/C29H39ClN2O3S/c1-9-21(10-2)27(25(30)12-4)28-31-26(29(6,7)33)19-32(28)15-13-14-22(11-3)23-16-20(5)17-24(18-23)35-36-34-8/h9,11-14,16,18-19,24,33H,1,10,15,17H2,2-8H3/b14-13-,22-11+,25-12+,27-21-. The lowest BCUT2D eigenvalue weighted by Gasteiger charge is -2.19. The van der Waals surface area contributed by atoms with Gasteiger partial charge in [0.2, 0.25) is 0 Å². The van der Waals surface area contributed by atoms with Crippen molar-refractivity contribution in [2.45, 2.75) is 72.6 Å². The van der Waals surface area contributed by atoms with E-state index in [1.807, 2.05) is 36.8 Å². The summed E-state index contributed by atoms with van der Waals surface area (Å²) < 4.78 is 12.7. The van der Waals surface area contributed by atoms with Gasteiger partial charge in [-0.15, -0.1) is 0 Å². The van der Waals surface area contributed by atoms with E-state index in [-0.39, 0.29) is 6.10 Å². The van der Waals surface area contributed by atoms with Crippen LogP contribution < -0.4 is 0 Å². The Hall–Kier alpha value is -2.09. The first-order valence-electron chi connectivity index (χ1n) is 12.2. The minimum absolute atomic E-state index is 0.0464. The number of allylic oxidation sites excluding steroid dienone is 11. The highest BCUT2D eigenvalue weighted by Crippen LogP contribution is 2.33. The van der Waals surface area contributed by atoms with Gasteiger partial charge in [0.25, 0.3) is 0 Å². The molecule has 1 aromatic rings. The van der Waals surface area contributed by atoms with Crippen LogP contribution in [0.15, 0.2) is 82.6 Å². The van der Waals surface area contributed by atoms with Crippen LogP contribution in [0.5, 0.6) is 0 Å². The Balaban J connectivity index is 2.46. The summed E-state index contributed by atoms with van der Waals surface area (Å²) in [6.45, 7) is 16.1. The maximum Gasteiger partial charge on any atom is 0.158 e. The van der Waals surface area contributed by atoms with Crippen molar-refractivity contribution in [2.24, 2.45) is 0 Å². The second-order valence-corrected chi connectivity index (χ2v) is 10.2. The van der Waals surface area contributed by atoms with Crippen molar-refractivity contribution < 1.29 is 13.5 Å². The molecule has 1 heterocycles. The van der Waals surface area contributed by atoms with E-state index < -0.39 is 5.60 Å². The summed E-state index contributed by atoms with van der Waals surface area (Å²) in [7, 11) is 1.59. The van der Waals surface area contributed by atoms with Crippen LogP contribution in [0.4, 0.5) is 0 Å². The van der Waals surface area contributed by atoms with E-state index in [0.29, 0.717) is 23.1 Å². The Bertz CT molecular complexity index is 1110. The van der Waals surface area contributed by atoms with Crippen LogP contribution >= 0.6 is 23.9 Å². The van der Waals surface area contributed by atoms with E-state index in [1.54, 1.807) is 21.0 Å². The van der Waals surface area contributed by atoms with Gasteiger partial charge < -0.3 is 9.67 Å². The lowest BCUT2D eigenvalue weighted by molar-refractivity contribution is 0.0742. The molecule has 0 saturated carbocycles. The third kappa shape index (κ3) is 7.95. The maximum absolute atomic E-state index is 10.7. The molecule has 1 aliphatic rings. The number of imidazole rings is 1. The second kappa shape index (κ2) is 14.0. The minimum Gasteiger partial charge on any atom is -0.384 e. The number of nitrogens with zero attached hydrogens (tertiary/aromatic N) is 2. The lowest BCUT2D eigenvalue weighted by atomic mass is 9.93.